The first kappa shape index (κ1) is 20.8. The number of hydrogen-bond donors (Lipinski definition) is 2. The summed E-state index contributed by atoms with van der Waals surface area (Å²) in [4.78, 5) is 23.3. The van der Waals surface area contributed by atoms with E-state index in [9.17, 15) is 4.79 Å². The van der Waals surface area contributed by atoms with Gasteiger partial charge in [-0.25, -0.2) is 9.97 Å². The number of nitrogens with one attached hydrogen (secondary N) is 2. The number of amides is 1. The molecule has 0 atom stereocenters. The molecule has 0 bridgehead atoms. The maximum Gasteiger partial charge on any atom is 0.275 e. The molecule has 2 N–H and O–H groups in total. The number of aromatic nitrogens is 2. The second-order valence-corrected chi connectivity index (χ2v) is 7.25. The van der Waals surface area contributed by atoms with Gasteiger partial charge in [-0.15, -0.1) is 0 Å². The highest BCUT2D eigenvalue weighted by molar-refractivity contribution is 6.02. The van der Waals surface area contributed by atoms with E-state index in [-0.39, 0.29) is 5.91 Å². The van der Waals surface area contributed by atoms with E-state index >= 15 is 0 Å². The van der Waals surface area contributed by atoms with Crippen LogP contribution in [0.4, 0.5) is 17.2 Å². The summed E-state index contributed by atoms with van der Waals surface area (Å²) in [5.74, 6) is 0.438. The fourth-order valence-corrected chi connectivity index (χ4v) is 3.56. The Morgan fingerprint density at radius 3 is 2.48 bits per heavy atom. The zero-order valence-electron chi connectivity index (χ0n) is 17.4. The van der Waals surface area contributed by atoms with Crippen LogP contribution < -0.4 is 15.5 Å². The van der Waals surface area contributed by atoms with Gasteiger partial charge in [0, 0.05) is 31.0 Å². The van der Waals surface area contributed by atoms with Crippen LogP contribution in [0.1, 0.15) is 56.4 Å². The van der Waals surface area contributed by atoms with Crippen LogP contribution in [-0.4, -0.2) is 35.5 Å². The quantitative estimate of drug-likeness (QED) is 0.594. The van der Waals surface area contributed by atoms with E-state index in [4.69, 9.17) is 0 Å². The Kier molecular flexibility index (Phi) is 7.61. The summed E-state index contributed by atoms with van der Waals surface area (Å²) < 4.78 is 0. The molecule has 154 valence electrons. The van der Waals surface area contributed by atoms with Crippen molar-refractivity contribution in [3.63, 3.8) is 0 Å². The van der Waals surface area contributed by atoms with Gasteiger partial charge >= 0.3 is 0 Å². The summed E-state index contributed by atoms with van der Waals surface area (Å²) in [5, 5.41) is 6.16. The van der Waals surface area contributed by atoms with E-state index in [1.54, 1.807) is 6.20 Å². The van der Waals surface area contributed by atoms with Crippen molar-refractivity contribution in [2.24, 2.45) is 0 Å². The number of anilines is 3. The molecule has 0 spiro atoms. The standard InChI is InChI=1S/C23H31N5O/c1-3-28(4-2)20-12-10-19(11-13-20)27-23(29)21-16-26-22(17-25-21)24-15-14-18-8-6-5-7-9-18/h8,10-13,16-17H,3-7,9,14-15H2,1-2H3,(H,24,26)(H,27,29). The number of hydrogen-bond acceptors (Lipinski definition) is 5. The normalized spacial score (nSPS) is 13.5. The molecule has 1 aromatic heterocycles. The minimum Gasteiger partial charge on any atom is -0.372 e. The van der Waals surface area contributed by atoms with E-state index in [2.05, 4.69) is 45.4 Å². The van der Waals surface area contributed by atoms with Gasteiger partial charge in [-0.1, -0.05) is 11.6 Å². The van der Waals surface area contributed by atoms with Crippen LogP contribution in [0.25, 0.3) is 0 Å². The van der Waals surface area contributed by atoms with Crippen molar-refractivity contribution >= 4 is 23.1 Å². The minimum absolute atomic E-state index is 0.257. The zero-order valence-corrected chi connectivity index (χ0v) is 17.4. The monoisotopic (exact) mass is 393 g/mol. The first-order chi connectivity index (χ1) is 14.2. The topological polar surface area (TPSA) is 70.2 Å². The average Bonchev–Trinajstić information content (AvgIpc) is 2.77. The van der Waals surface area contributed by atoms with Crippen LogP contribution in [-0.2, 0) is 0 Å². The van der Waals surface area contributed by atoms with Gasteiger partial charge in [-0.3, -0.25) is 4.79 Å². The van der Waals surface area contributed by atoms with Crippen LogP contribution in [0.3, 0.4) is 0 Å². The molecule has 0 saturated heterocycles. The maximum atomic E-state index is 12.4. The molecule has 1 aliphatic rings. The molecule has 0 saturated carbocycles. The Labute approximate surface area is 173 Å². The molecule has 1 heterocycles. The van der Waals surface area contributed by atoms with Gasteiger partial charge in [0.25, 0.3) is 5.91 Å². The van der Waals surface area contributed by atoms with Crippen LogP contribution in [0.2, 0.25) is 0 Å². The molecule has 6 heteroatoms. The van der Waals surface area contributed by atoms with E-state index in [0.717, 1.165) is 37.4 Å². The second-order valence-electron chi connectivity index (χ2n) is 7.25. The van der Waals surface area contributed by atoms with Gasteiger partial charge in [0.05, 0.1) is 12.4 Å². The molecular weight excluding hydrogens is 362 g/mol. The Hall–Kier alpha value is -2.89. The Morgan fingerprint density at radius 1 is 1.07 bits per heavy atom. The lowest BCUT2D eigenvalue weighted by molar-refractivity contribution is 0.102. The molecular formula is C23H31N5O. The molecule has 29 heavy (non-hydrogen) atoms. The van der Waals surface area contributed by atoms with Crippen molar-refractivity contribution in [3.8, 4) is 0 Å². The molecule has 0 radical (unpaired) electrons. The van der Waals surface area contributed by atoms with Crippen LogP contribution in [0.5, 0.6) is 0 Å². The van der Waals surface area contributed by atoms with Gasteiger partial charge in [-0.2, -0.15) is 0 Å². The zero-order chi connectivity index (χ0) is 20.5. The third kappa shape index (κ3) is 6.04. The third-order valence-electron chi connectivity index (χ3n) is 5.28. The summed E-state index contributed by atoms with van der Waals surface area (Å²) in [7, 11) is 0. The molecule has 0 aliphatic heterocycles. The van der Waals surface area contributed by atoms with Crippen molar-refractivity contribution < 1.29 is 4.79 Å². The average molecular weight is 394 g/mol. The maximum absolute atomic E-state index is 12.4. The lowest BCUT2D eigenvalue weighted by atomic mass is 9.97. The lowest BCUT2D eigenvalue weighted by Crippen LogP contribution is -2.21. The predicted molar refractivity (Wildman–Crippen MR) is 120 cm³/mol. The SMILES string of the molecule is CCN(CC)c1ccc(NC(=O)c2cnc(NCCC3=CCCCC3)cn2)cc1. The number of nitrogens with zero attached hydrogens (tertiary/aromatic N) is 3. The highest BCUT2D eigenvalue weighted by Gasteiger charge is 2.10. The van der Waals surface area contributed by atoms with Crippen molar-refractivity contribution in [2.75, 3.05) is 35.2 Å². The van der Waals surface area contributed by atoms with Gasteiger partial charge < -0.3 is 15.5 Å². The van der Waals surface area contributed by atoms with Crippen molar-refractivity contribution in [1.29, 1.82) is 0 Å². The van der Waals surface area contributed by atoms with Crippen LogP contribution >= 0.6 is 0 Å². The smallest absolute Gasteiger partial charge is 0.275 e. The summed E-state index contributed by atoms with van der Waals surface area (Å²) >= 11 is 0. The fraction of sp³-hybridized carbons (Fsp3) is 0.435. The summed E-state index contributed by atoms with van der Waals surface area (Å²) in [6, 6.07) is 7.86. The summed E-state index contributed by atoms with van der Waals surface area (Å²) in [6.45, 7) is 7.00. The number of carbonyl (C=O) groups is 1. The van der Waals surface area contributed by atoms with E-state index in [0.29, 0.717) is 11.5 Å². The first-order valence-corrected chi connectivity index (χ1v) is 10.6. The van der Waals surface area contributed by atoms with Crippen LogP contribution in [0.15, 0.2) is 48.3 Å². The molecule has 6 nitrogen and oxygen atoms in total. The van der Waals surface area contributed by atoms with Crippen molar-refractivity contribution in [3.05, 3.63) is 54.0 Å². The molecule has 3 rings (SSSR count). The minimum atomic E-state index is -0.257. The molecule has 2 aromatic rings. The number of benzene rings is 1. The van der Waals surface area contributed by atoms with E-state index < -0.39 is 0 Å². The van der Waals surface area contributed by atoms with Crippen molar-refractivity contribution in [1.82, 2.24) is 9.97 Å². The lowest BCUT2D eigenvalue weighted by Gasteiger charge is -2.21. The number of carbonyl (C=O) groups excluding carboxylic acids is 1. The molecule has 1 aromatic carbocycles. The highest BCUT2D eigenvalue weighted by atomic mass is 16.1. The van der Waals surface area contributed by atoms with Crippen LogP contribution in [0, 0.1) is 0 Å². The molecule has 0 fully saturated rings. The van der Waals surface area contributed by atoms with E-state index in [1.807, 2.05) is 24.3 Å². The Morgan fingerprint density at radius 2 is 1.86 bits per heavy atom. The molecule has 0 unspecified atom stereocenters. The van der Waals surface area contributed by atoms with E-state index in [1.165, 1.54) is 37.5 Å². The Balaban J connectivity index is 1.50. The second kappa shape index (κ2) is 10.6. The Bertz CT molecular complexity index is 810. The number of allylic oxidation sites excluding steroid dienone is 1. The predicted octanol–water partition coefficient (Wildman–Crippen LogP) is 4.88. The highest BCUT2D eigenvalue weighted by Crippen LogP contribution is 2.20. The first-order valence-electron chi connectivity index (χ1n) is 10.6. The van der Waals surface area contributed by atoms with Crippen molar-refractivity contribution in [2.45, 2.75) is 46.0 Å². The number of rotatable bonds is 9. The van der Waals surface area contributed by atoms with Gasteiger partial charge in [0.1, 0.15) is 11.5 Å². The van der Waals surface area contributed by atoms with Gasteiger partial charge in [0.2, 0.25) is 0 Å². The fourth-order valence-electron chi connectivity index (χ4n) is 3.56. The summed E-state index contributed by atoms with van der Waals surface area (Å²) in [6.07, 6.45) is 11.6. The molecule has 1 amide bonds. The largest absolute Gasteiger partial charge is 0.372 e. The summed E-state index contributed by atoms with van der Waals surface area (Å²) in [5.41, 5.74) is 3.72. The third-order valence-corrected chi connectivity index (χ3v) is 5.28. The molecule has 1 aliphatic carbocycles. The van der Waals surface area contributed by atoms with Gasteiger partial charge in [0.15, 0.2) is 0 Å². The van der Waals surface area contributed by atoms with Gasteiger partial charge in [-0.05, 0) is 70.2 Å².